The molecule has 8 heteroatoms. The smallest absolute Gasteiger partial charge is 0.315 e. The molecule has 2 atom stereocenters. The second kappa shape index (κ2) is 7.79. The number of carbonyl (C=O) groups excluding carboxylic acids is 2. The maximum absolute atomic E-state index is 12.8. The normalized spacial score (nSPS) is 21.5. The van der Waals surface area contributed by atoms with Crippen LogP contribution in [0.25, 0.3) is 5.69 Å². The van der Waals surface area contributed by atoms with Gasteiger partial charge in [-0.25, -0.2) is 4.68 Å². The van der Waals surface area contributed by atoms with Crippen LogP contribution < -0.4 is 5.32 Å². The van der Waals surface area contributed by atoms with Gasteiger partial charge in [-0.1, -0.05) is 31.5 Å². The Morgan fingerprint density at radius 1 is 1.21 bits per heavy atom. The molecule has 2 aromatic rings. The molecule has 0 spiro atoms. The minimum Gasteiger partial charge on any atom is -0.334 e. The summed E-state index contributed by atoms with van der Waals surface area (Å²) < 4.78 is 1.68. The first-order valence-electron chi connectivity index (χ1n) is 9.47. The first kappa shape index (κ1) is 19.3. The van der Waals surface area contributed by atoms with Crippen LogP contribution in [0.15, 0.2) is 24.3 Å². The molecule has 0 saturated carbocycles. The third-order valence-corrected chi connectivity index (χ3v) is 6.39. The molecule has 6 nitrogen and oxygen atoms in total. The lowest BCUT2D eigenvalue weighted by Crippen LogP contribution is -2.47. The molecule has 0 radical (unpaired) electrons. The fraction of sp³-hybridized carbons (Fsp3) is 0.450. The van der Waals surface area contributed by atoms with Crippen molar-refractivity contribution in [2.75, 3.05) is 18.4 Å². The highest BCUT2D eigenvalue weighted by atomic mass is 35.5. The van der Waals surface area contributed by atoms with E-state index in [0.717, 1.165) is 34.9 Å². The predicted molar refractivity (Wildman–Crippen MR) is 112 cm³/mol. The van der Waals surface area contributed by atoms with Crippen LogP contribution in [-0.2, 0) is 21.1 Å². The van der Waals surface area contributed by atoms with Gasteiger partial charge in [-0.2, -0.15) is 16.9 Å². The average molecular weight is 419 g/mol. The number of amides is 2. The van der Waals surface area contributed by atoms with Crippen LogP contribution in [-0.4, -0.2) is 39.6 Å². The van der Waals surface area contributed by atoms with E-state index in [1.807, 2.05) is 12.1 Å². The van der Waals surface area contributed by atoms with Gasteiger partial charge in [-0.05, 0) is 36.5 Å². The fourth-order valence-electron chi connectivity index (χ4n) is 4.07. The lowest BCUT2D eigenvalue weighted by molar-refractivity contribution is -0.145. The third-order valence-electron chi connectivity index (χ3n) is 5.19. The number of piperidine rings is 1. The molecule has 148 valence electrons. The van der Waals surface area contributed by atoms with Crippen molar-refractivity contribution in [3.05, 3.63) is 40.5 Å². The summed E-state index contributed by atoms with van der Waals surface area (Å²) in [6.45, 7) is 5.48. The van der Waals surface area contributed by atoms with Crippen molar-refractivity contribution in [1.29, 1.82) is 0 Å². The number of fused-ring (bicyclic) bond motifs is 1. The quantitative estimate of drug-likeness (QED) is 0.755. The lowest BCUT2D eigenvalue weighted by Gasteiger charge is -2.34. The molecule has 2 aliphatic rings. The Labute approximate surface area is 173 Å². The minimum atomic E-state index is -0.607. The second-order valence-electron chi connectivity index (χ2n) is 7.77. The molecular formula is C20H23ClN4O2S. The predicted octanol–water partition coefficient (Wildman–Crippen LogP) is 3.72. The van der Waals surface area contributed by atoms with Crippen LogP contribution >= 0.6 is 23.4 Å². The molecule has 2 aliphatic heterocycles. The highest BCUT2D eigenvalue weighted by Gasteiger charge is 2.31. The topological polar surface area (TPSA) is 67.2 Å². The molecule has 0 bridgehead atoms. The zero-order valence-corrected chi connectivity index (χ0v) is 17.5. The molecule has 0 aliphatic carbocycles. The molecule has 2 amide bonds. The van der Waals surface area contributed by atoms with E-state index in [4.69, 9.17) is 11.6 Å². The van der Waals surface area contributed by atoms with E-state index in [2.05, 4.69) is 24.3 Å². The standard InChI is InChI=1S/C20H23ClN4O2S/c1-12-6-13(2)9-24(8-12)20(27)19(26)22-18-16-10-28-11-17(16)23-25(18)15-5-3-4-14(21)7-15/h3-5,7,12-13H,6,8-11H2,1-2H3,(H,22,26)/t12-,13-/m1/s1. The van der Waals surface area contributed by atoms with Gasteiger partial charge in [0.2, 0.25) is 0 Å². The van der Waals surface area contributed by atoms with Crippen molar-refractivity contribution in [2.45, 2.75) is 31.8 Å². The van der Waals surface area contributed by atoms with Crippen LogP contribution in [0, 0.1) is 11.8 Å². The summed E-state index contributed by atoms with van der Waals surface area (Å²) in [5.41, 5.74) is 2.68. The number of benzene rings is 1. The zero-order valence-electron chi connectivity index (χ0n) is 15.9. The largest absolute Gasteiger partial charge is 0.334 e. The molecule has 0 unspecified atom stereocenters. The molecule has 1 N–H and O–H groups in total. The molecule has 1 aromatic carbocycles. The summed E-state index contributed by atoms with van der Waals surface area (Å²) in [7, 11) is 0. The van der Waals surface area contributed by atoms with E-state index < -0.39 is 11.8 Å². The number of hydrogen-bond acceptors (Lipinski definition) is 4. The number of likely N-dealkylation sites (tertiary alicyclic amines) is 1. The van der Waals surface area contributed by atoms with E-state index in [9.17, 15) is 9.59 Å². The van der Waals surface area contributed by atoms with Crippen LogP contribution in [0.3, 0.4) is 0 Å². The van der Waals surface area contributed by atoms with Crippen molar-refractivity contribution >= 4 is 41.0 Å². The summed E-state index contributed by atoms with van der Waals surface area (Å²) in [6, 6.07) is 7.31. The summed E-state index contributed by atoms with van der Waals surface area (Å²) in [4.78, 5) is 27.2. The van der Waals surface area contributed by atoms with Gasteiger partial charge in [0.15, 0.2) is 0 Å². The van der Waals surface area contributed by atoms with Crippen molar-refractivity contribution in [3.8, 4) is 5.69 Å². The molecule has 3 heterocycles. The Hall–Kier alpha value is -1.99. The molecule has 1 aromatic heterocycles. The van der Waals surface area contributed by atoms with Gasteiger partial charge >= 0.3 is 11.8 Å². The van der Waals surface area contributed by atoms with E-state index in [1.54, 1.807) is 33.5 Å². The van der Waals surface area contributed by atoms with Gasteiger partial charge < -0.3 is 10.2 Å². The second-order valence-corrected chi connectivity index (χ2v) is 9.19. The van der Waals surface area contributed by atoms with Crippen LogP contribution in [0.5, 0.6) is 0 Å². The lowest BCUT2D eigenvalue weighted by atomic mass is 9.92. The van der Waals surface area contributed by atoms with Crippen molar-refractivity contribution in [3.63, 3.8) is 0 Å². The summed E-state index contributed by atoms with van der Waals surface area (Å²) in [5.74, 6) is 1.84. The van der Waals surface area contributed by atoms with Gasteiger partial charge in [0.25, 0.3) is 0 Å². The monoisotopic (exact) mass is 418 g/mol. The molecule has 1 saturated heterocycles. The van der Waals surface area contributed by atoms with Crippen LogP contribution in [0.1, 0.15) is 31.5 Å². The number of rotatable bonds is 2. The van der Waals surface area contributed by atoms with Crippen LogP contribution in [0.4, 0.5) is 5.82 Å². The van der Waals surface area contributed by atoms with Gasteiger partial charge in [0, 0.05) is 35.2 Å². The fourth-order valence-corrected chi connectivity index (χ4v) is 5.29. The highest BCUT2D eigenvalue weighted by molar-refractivity contribution is 7.98. The van der Waals surface area contributed by atoms with Crippen molar-refractivity contribution in [1.82, 2.24) is 14.7 Å². The molecule has 28 heavy (non-hydrogen) atoms. The van der Waals surface area contributed by atoms with Gasteiger partial charge in [-0.15, -0.1) is 0 Å². The maximum Gasteiger partial charge on any atom is 0.315 e. The van der Waals surface area contributed by atoms with Gasteiger partial charge in [0.1, 0.15) is 5.82 Å². The number of nitrogens with one attached hydrogen (secondary N) is 1. The van der Waals surface area contributed by atoms with E-state index in [-0.39, 0.29) is 0 Å². The SMILES string of the molecule is C[C@@H]1C[C@@H](C)CN(C(=O)C(=O)Nc2c3c(nn2-c2cccc(Cl)c2)CSC3)C1. The molecular weight excluding hydrogens is 396 g/mol. The van der Waals surface area contributed by atoms with Crippen LogP contribution in [0.2, 0.25) is 5.02 Å². The first-order chi connectivity index (χ1) is 13.4. The number of anilines is 1. The first-order valence-corrected chi connectivity index (χ1v) is 11.0. The summed E-state index contributed by atoms with van der Waals surface area (Å²) in [5, 5.41) is 8.09. The summed E-state index contributed by atoms with van der Waals surface area (Å²) >= 11 is 7.88. The Balaban J connectivity index is 1.61. The number of nitrogens with zero attached hydrogens (tertiary/aromatic N) is 3. The number of aromatic nitrogens is 2. The zero-order chi connectivity index (χ0) is 19.8. The Morgan fingerprint density at radius 3 is 2.68 bits per heavy atom. The third kappa shape index (κ3) is 3.78. The van der Waals surface area contributed by atoms with Gasteiger partial charge in [0.05, 0.1) is 11.4 Å². The van der Waals surface area contributed by atoms with E-state index in [1.165, 1.54) is 0 Å². The van der Waals surface area contributed by atoms with E-state index in [0.29, 0.717) is 35.8 Å². The highest BCUT2D eigenvalue weighted by Crippen LogP contribution is 2.36. The molecule has 4 rings (SSSR count). The average Bonchev–Trinajstić information content (AvgIpc) is 3.23. The number of thioether (sulfide) groups is 1. The maximum atomic E-state index is 12.8. The Bertz CT molecular complexity index is 919. The Kier molecular flexibility index (Phi) is 5.38. The van der Waals surface area contributed by atoms with Gasteiger partial charge in [-0.3, -0.25) is 9.59 Å². The van der Waals surface area contributed by atoms with Crippen molar-refractivity contribution in [2.24, 2.45) is 11.8 Å². The minimum absolute atomic E-state index is 0.401. The summed E-state index contributed by atoms with van der Waals surface area (Å²) in [6.07, 6.45) is 1.08. The van der Waals surface area contributed by atoms with Crippen molar-refractivity contribution < 1.29 is 9.59 Å². The van der Waals surface area contributed by atoms with E-state index >= 15 is 0 Å². The molecule has 1 fully saturated rings. The Morgan fingerprint density at radius 2 is 1.96 bits per heavy atom. The number of carbonyl (C=O) groups is 2. The number of hydrogen-bond donors (Lipinski definition) is 1. The number of halogens is 1.